The van der Waals surface area contributed by atoms with E-state index in [1.165, 1.54) is 5.56 Å². The van der Waals surface area contributed by atoms with Crippen molar-refractivity contribution in [2.75, 3.05) is 39.3 Å². The molecule has 2 aliphatic heterocycles. The van der Waals surface area contributed by atoms with Gasteiger partial charge in [-0.05, 0) is 55.0 Å². The van der Waals surface area contributed by atoms with Crippen molar-refractivity contribution in [3.63, 3.8) is 0 Å². The van der Waals surface area contributed by atoms with Crippen molar-refractivity contribution in [3.8, 4) is 11.1 Å². The number of carbonyl (C=O) groups excluding carboxylic acids is 1. The Labute approximate surface area is 185 Å². The summed E-state index contributed by atoms with van der Waals surface area (Å²) in [5.74, 6) is -0.0346. The summed E-state index contributed by atoms with van der Waals surface area (Å²) >= 11 is 0. The Morgan fingerprint density at radius 1 is 0.774 bits per heavy atom. The van der Waals surface area contributed by atoms with Gasteiger partial charge in [-0.25, -0.2) is 0 Å². The van der Waals surface area contributed by atoms with Crippen LogP contribution in [-0.2, 0) is 10.2 Å². The van der Waals surface area contributed by atoms with Gasteiger partial charge in [0.05, 0.1) is 0 Å². The van der Waals surface area contributed by atoms with E-state index in [4.69, 9.17) is 0 Å². The molecule has 0 N–H and O–H groups in total. The van der Waals surface area contributed by atoms with Gasteiger partial charge in [-0.15, -0.1) is 0 Å². The summed E-state index contributed by atoms with van der Waals surface area (Å²) in [6, 6.07) is 15.9. The van der Waals surface area contributed by atoms with Crippen LogP contribution >= 0.6 is 0 Å². The average Bonchev–Trinajstić information content (AvgIpc) is 3.06. The Morgan fingerprint density at radius 3 is 2.26 bits per heavy atom. The van der Waals surface area contributed by atoms with E-state index in [0.717, 1.165) is 30.4 Å². The Kier molecular flexibility index (Phi) is 6.74. The fourth-order valence-corrected chi connectivity index (χ4v) is 6.20. The molecule has 2 aromatic carbocycles. The third kappa shape index (κ3) is 4.84. The van der Waals surface area contributed by atoms with Crippen LogP contribution in [0.1, 0.15) is 41.6 Å². The fourth-order valence-electron chi connectivity index (χ4n) is 4.49. The number of rotatable bonds is 4. The molecular formula is C24H31N3O3S. The van der Waals surface area contributed by atoms with E-state index in [1.54, 1.807) is 13.5 Å². The van der Waals surface area contributed by atoms with Gasteiger partial charge in [0.25, 0.3) is 16.1 Å². The van der Waals surface area contributed by atoms with E-state index < -0.39 is 10.2 Å². The second-order valence-corrected chi connectivity index (χ2v) is 10.3. The zero-order chi connectivity index (χ0) is 21.8. The van der Waals surface area contributed by atoms with Crippen LogP contribution in [0.4, 0.5) is 0 Å². The standard InChI is InChI=1S/C24H31N3O3S/c1-20-9-3-4-12-23(20)21-10-7-11-22(19-21)24(28)25-13-8-16-27(18-17-25)31(29,30)26-14-5-2-6-15-26/h3-4,7,9-12,19H,2,5-6,8,13-18H2,1H3. The highest BCUT2D eigenvalue weighted by Crippen LogP contribution is 2.25. The fraction of sp³-hybridized carbons (Fsp3) is 0.458. The van der Waals surface area contributed by atoms with Crippen LogP contribution < -0.4 is 0 Å². The molecule has 0 bridgehead atoms. The van der Waals surface area contributed by atoms with Gasteiger partial charge in [0, 0.05) is 44.8 Å². The maximum absolute atomic E-state index is 13.2. The predicted octanol–water partition coefficient (Wildman–Crippen LogP) is 3.54. The number of hydrogen-bond donors (Lipinski definition) is 0. The van der Waals surface area contributed by atoms with E-state index in [-0.39, 0.29) is 5.91 Å². The minimum Gasteiger partial charge on any atom is -0.337 e. The Balaban J connectivity index is 1.47. The van der Waals surface area contributed by atoms with Gasteiger partial charge in [0.15, 0.2) is 0 Å². The maximum atomic E-state index is 13.2. The lowest BCUT2D eigenvalue weighted by atomic mass is 9.98. The molecule has 31 heavy (non-hydrogen) atoms. The minimum absolute atomic E-state index is 0.0346. The van der Waals surface area contributed by atoms with Crippen LogP contribution in [0.5, 0.6) is 0 Å². The number of benzene rings is 2. The SMILES string of the molecule is Cc1ccccc1-c1cccc(C(=O)N2CCCN(S(=O)(=O)N3CCCCC3)CC2)c1. The molecule has 0 atom stereocenters. The topological polar surface area (TPSA) is 60.9 Å². The number of amides is 1. The first kappa shape index (κ1) is 22.0. The van der Waals surface area contributed by atoms with Crippen molar-refractivity contribution < 1.29 is 13.2 Å². The van der Waals surface area contributed by atoms with Crippen LogP contribution in [0.2, 0.25) is 0 Å². The van der Waals surface area contributed by atoms with Gasteiger partial charge in [-0.3, -0.25) is 4.79 Å². The quantitative estimate of drug-likeness (QED) is 0.729. The molecule has 2 saturated heterocycles. The first-order valence-electron chi connectivity index (χ1n) is 11.2. The zero-order valence-electron chi connectivity index (χ0n) is 18.2. The molecule has 0 radical (unpaired) electrons. The molecule has 4 rings (SSSR count). The van der Waals surface area contributed by atoms with E-state index in [2.05, 4.69) is 19.1 Å². The van der Waals surface area contributed by atoms with Gasteiger partial charge in [-0.2, -0.15) is 17.0 Å². The first-order chi connectivity index (χ1) is 15.0. The smallest absolute Gasteiger partial charge is 0.282 e. The molecule has 1 amide bonds. The van der Waals surface area contributed by atoms with Crippen molar-refractivity contribution in [1.29, 1.82) is 0 Å². The van der Waals surface area contributed by atoms with E-state index in [1.807, 2.05) is 36.4 Å². The second-order valence-electron chi connectivity index (χ2n) is 8.41. The minimum atomic E-state index is -3.44. The lowest BCUT2D eigenvalue weighted by molar-refractivity contribution is 0.0764. The van der Waals surface area contributed by atoms with E-state index in [9.17, 15) is 13.2 Å². The Morgan fingerprint density at radius 2 is 1.48 bits per heavy atom. The van der Waals surface area contributed by atoms with Crippen LogP contribution in [0.15, 0.2) is 48.5 Å². The molecule has 0 aliphatic carbocycles. The number of hydrogen-bond acceptors (Lipinski definition) is 3. The molecule has 0 saturated carbocycles. The Hall–Kier alpha value is -2.22. The lowest BCUT2D eigenvalue weighted by Gasteiger charge is -2.31. The van der Waals surface area contributed by atoms with E-state index >= 15 is 0 Å². The number of piperidine rings is 1. The zero-order valence-corrected chi connectivity index (χ0v) is 19.0. The van der Waals surface area contributed by atoms with Crippen LogP contribution in [0, 0.1) is 6.92 Å². The third-order valence-corrected chi connectivity index (χ3v) is 8.31. The van der Waals surface area contributed by atoms with Gasteiger partial charge >= 0.3 is 0 Å². The third-order valence-electron chi connectivity index (χ3n) is 6.28. The molecule has 2 heterocycles. The van der Waals surface area contributed by atoms with Crippen molar-refractivity contribution >= 4 is 16.1 Å². The summed E-state index contributed by atoms with van der Waals surface area (Å²) in [7, 11) is -3.44. The molecular weight excluding hydrogens is 410 g/mol. The summed E-state index contributed by atoms with van der Waals surface area (Å²) in [5, 5.41) is 0. The van der Waals surface area contributed by atoms with Crippen molar-refractivity contribution in [2.45, 2.75) is 32.6 Å². The predicted molar refractivity (Wildman–Crippen MR) is 123 cm³/mol. The molecule has 2 fully saturated rings. The normalized spacial score (nSPS) is 19.2. The van der Waals surface area contributed by atoms with Gasteiger partial charge < -0.3 is 4.90 Å². The molecule has 2 aromatic rings. The Bertz CT molecular complexity index is 1030. The van der Waals surface area contributed by atoms with Gasteiger partial charge in [0.1, 0.15) is 0 Å². The van der Waals surface area contributed by atoms with Crippen LogP contribution in [0.3, 0.4) is 0 Å². The molecule has 7 heteroatoms. The summed E-state index contributed by atoms with van der Waals surface area (Å²) in [5.41, 5.74) is 3.95. The van der Waals surface area contributed by atoms with Crippen molar-refractivity contribution in [3.05, 3.63) is 59.7 Å². The van der Waals surface area contributed by atoms with Crippen LogP contribution in [-0.4, -0.2) is 67.1 Å². The molecule has 6 nitrogen and oxygen atoms in total. The molecule has 2 aliphatic rings. The van der Waals surface area contributed by atoms with Crippen molar-refractivity contribution in [1.82, 2.24) is 13.5 Å². The highest BCUT2D eigenvalue weighted by molar-refractivity contribution is 7.86. The number of aryl methyl sites for hydroxylation is 1. The van der Waals surface area contributed by atoms with Gasteiger partial charge in [-0.1, -0.05) is 42.8 Å². The lowest BCUT2D eigenvalue weighted by Crippen LogP contribution is -2.47. The molecule has 0 aromatic heterocycles. The summed E-state index contributed by atoms with van der Waals surface area (Å²) in [6.07, 6.45) is 3.59. The maximum Gasteiger partial charge on any atom is 0.282 e. The highest BCUT2D eigenvalue weighted by atomic mass is 32.2. The van der Waals surface area contributed by atoms with E-state index in [0.29, 0.717) is 51.3 Å². The monoisotopic (exact) mass is 441 g/mol. The second kappa shape index (κ2) is 9.51. The summed E-state index contributed by atoms with van der Waals surface area (Å²) in [6.45, 7) is 5.07. The molecule has 0 unspecified atom stereocenters. The number of nitrogens with zero attached hydrogens (tertiary/aromatic N) is 3. The van der Waals surface area contributed by atoms with Gasteiger partial charge in [0.2, 0.25) is 0 Å². The highest BCUT2D eigenvalue weighted by Gasteiger charge is 2.32. The average molecular weight is 442 g/mol. The summed E-state index contributed by atoms with van der Waals surface area (Å²) < 4.78 is 29.2. The first-order valence-corrected chi connectivity index (χ1v) is 12.6. The molecule has 0 spiro atoms. The van der Waals surface area contributed by atoms with Crippen molar-refractivity contribution in [2.24, 2.45) is 0 Å². The van der Waals surface area contributed by atoms with Crippen LogP contribution in [0.25, 0.3) is 11.1 Å². The largest absolute Gasteiger partial charge is 0.337 e. The summed E-state index contributed by atoms with van der Waals surface area (Å²) in [4.78, 5) is 15.0. The number of carbonyl (C=O) groups is 1. The molecule has 166 valence electrons.